The van der Waals surface area contributed by atoms with E-state index in [1.807, 2.05) is 27.1 Å². The Hall–Kier alpha value is -1.81. The molecule has 0 unspecified atom stereocenters. The summed E-state index contributed by atoms with van der Waals surface area (Å²) in [6.07, 6.45) is 0. The Labute approximate surface area is 114 Å². The van der Waals surface area contributed by atoms with E-state index in [2.05, 4.69) is 28.9 Å². The van der Waals surface area contributed by atoms with Gasteiger partial charge in [0.25, 0.3) is 0 Å². The number of benzene rings is 1. The van der Waals surface area contributed by atoms with Crippen LogP contribution in [0.4, 0.5) is 0 Å². The van der Waals surface area contributed by atoms with Gasteiger partial charge in [-0.05, 0) is 33.0 Å². The zero-order chi connectivity index (χ0) is 14.0. The van der Waals surface area contributed by atoms with Crippen LogP contribution in [-0.4, -0.2) is 23.7 Å². The molecule has 0 aliphatic heterocycles. The highest BCUT2D eigenvalue weighted by Gasteiger charge is 2.17. The Morgan fingerprint density at radius 2 is 2.05 bits per heavy atom. The van der Waals surface area contributed by atoms with Crippen molar-refractivity contribution in [3.8, 4) is 17.0 Å². The van der Waals surface area contributed by atoms with Crippen LogP contribution in [0.15, 0.2) is 18.2 Å². The lowest BCUT2D eigenvalue weighted by atomic mass is 10.1. The topological polar surface area (TPSA) is 39.1 Å². The molecule has 4 nitrogen and oxygen atoms in total. The molecule has 19 heavy (non-hydrogen) atoms. The summed E-state index contributed by atoms with van der Waals surface area (Å²) >= 11 is 0. The number of hydrogen-bond donors (Lipinski definition) is 1. The van der Waals surface area contributed by atoms with Crippen molar-refractivity contribution in [2.24, 2.45) is 7.05 Å². The molecule has 0 amide bonds. The third-order valence-electron chi connectivity index (χ3n) is 3.39. The molecule has 0 atom stereocenters. The van der Waals surface area contributed by atoms with Crippen molar-refractivity contribution in [3.05, 3.63) is 35.3 Å². The van der Waals surface area contributed by atoms with Crippen molar-refractivity contribution < 1.29 is 4.74 Å². The first-order valence-corrected chi connectivity index (χ1v) is 6.40. The van der Waals surface area contributed by atoms with Crippen molar-refractivity contribution in [2.45, 2.75) is 20.4 Å². The molecule has 102 valence electrons. The van der Waals surface area contributed by atoms with Gasteiger partial charge in [0.2, 0.25) is 0 Å². The maximum absolute atomic E-state index is 5.47. The molecule has 1 aromatic carbocycles. The minimum Gasteiger partial charge on any atom is -0.496 e. The van der Waals surface area contributed by atoms with Gasteiger partial charge in [-0.2, -0.15) is 0 Å². The van der Waals surface area contributed by atoms with Gasteiger partial charge in [0, 0.05) is 19.2 Å². The Morgan fingerprint density at radius 3 is 2.68 bits per heavy atom. The number of imidazole rings is 1. The Morgan fingerprint density at radius 1 is 1.32 bits per heavy atom. The van der Waals surface area contributed by atoms with Crippen molar-refractivity contribution in [3.63, 3.8) is 0 Å². The van der Waals surface area contributed by atoms with Gasteiger partial charge in [-0.1, -0.05) is 11.6 Å². The van der Waals surface area contributed by atoms with Crippen LogP contribution >= 0.6 is 0 Å². The monoisotopic (exact) mass is 259 g/mol. The quantitative estimate of drug-likeness (QED) is 0.916. The summed E-state index contributed by atoms with van der Waals surface area (Å²) in [7, 11) is 5.68. The lowest BCUT2D eigenvalue weighted by molar-refractivity contribution is 0.416. The van der Waals surface area contributed by atoms with E-state index in [9.17, 15) is 0 Å². The summed E-state index contributed by atoms with van der Waals surface area (Å²) in [6.45, 7) is 4.88. The minimum absolute atomic E-state index is 0.782. The molecular formula is C15H21N3O. The van der Waals surface area contributed by atoms with Gasteiger partial charge in [0.1, 0.15) is 11.6 Å². The van der Waals surface area contributed by atoms with Crippen LogP contribution in [0.1, 0.15) is 17.1 Å². The van der Waals surface area contributed by atoms with E-state index in [-0.39, 0.29) is 0 Å². The molecule has 0 saturated heterocycles. The average molecular weight is 259 g/mol. The molecule has 1 heterocycles. The Balaban J connectivity index is 2.64. The van der Waals surface area contributed by atoms with E-state index in [0.717, 1.165) is 29.4 Å². The molecule has 2 aromatic rings. The van der Waals surface area contributed by atoms with Gasteiger partial charge in [-0.15, -0.1) is 0 Å². The summed E-state index contributed by atoms with van der Waals surface area (Å²) in [5.74, 6) is 1.87. The number of aryl methyl sites for hydroxylation is 2. The molecule has 2 rings (SSSR count). The first-order valence-electron chi connectivity index (χ1n) is 6.40. The molecule has 0 fully saturated rings. The zero-order valence-corrected chi connectivity index (χ0v) is 12.2. The predicted octanol–water partition coefficient (Wildman–Crippen LogP) is 2.43. The zero-order valence-electron chi connectivity index (χ0n) is 12.2. The smallest absolute Gasteiger partial charge is 0.128 e. The van der Waals surface area contributed by atoms with Crippen LogP contribution < -0.4 is 10.1 Å². The molecule has 0 saturated carbocycles. The van der Waals surface area contributed by atoms with Crippen LogP contribution in [0.5, 0.6) is 5.75 Å². The maximum Gasteiger partial charge on any atom is 0.128 e. The van der Waals surface area contributed by atoms with Crippen LogP contribution in [0.25, 0.3) is 11.3 Å². The van der Waals surface area contributed by atoms with Crippen LogP contribution in [0, 0.1) is 13.8 Å². The first kappa shape index (κ1) is 13.6. The summed E-state index contributed by atoms with van der Waals surface area (Å²) in [6, 6.07) is 6.17. The predicted molar refractivity (Wildman–Crippen MR) is 77.4 cm³/mol. The van der Waals surface area contributed by atoms with Crippen LogP contribution in [0.2, 0.25) is 0 Å². The molecule has 4 heteroatoms. The highest BCUT2D eigenvalue weighted by atomic mass is 16.5. The summed E-state index contributed by atoms with van der Waals surface area (Å²) < 4.78 is 7.59. The highest BCUT2D eigenvalue weighted by Crippen LogP contribution is 2.32. The molecule has 0 aliphatic rings. The number of aromatic nitrogens is 2. The molecule has 0 radical (unpaired) electrons. The minimum atomic E-state index is 0.782. The third-order valence-corrected chi connectivity index (χ3v) is 3.39. The second kappa shape index (κ2) is 5.45. The number of nitrogens with zero attached hydrogens (tertiary/aromatic N) is 2. The average Bonchev–Trinajstić information content (AvgIpc) is 2.67. The highest BCUT2D eigenvalue weighted by molar-refractivity contribution is 5.70. The third kappa shape index (κ3) is 2.49. The van der Waals surface area contributed by atoms with Gasteiger partial charge in [0.05, 0.1) is 18.5 Å². The largest absolute Gasteiger partial charge is 0.496 e. The van der Waals surface area contributed by atoms with Gasteiger partial charge in [-0.3, -0.25) is 0 Å². The summed E-state index contributed by atoms with van der Waals surface area (Å²) in [4.78, 5) is 4.69. The summed E-state index contributed by atoms with van der Waals surface area (Å²) in [5, 5.41) is 3.20. The first-order chi connectivity index (χ1) is 9.08. The molecule has 0 aliphatic carbocycles. The van der Waals surface area contributed by atoms with Crippen molar-refractivity contribution >= 4 is 0 Å². The van der Waals surface area contributed by atoms with Gasteiger partial charge in [0.15, 0.2) is 0 Å². The van der Waals surface area contributed by atoms with Gasteiger partial charge < -0.3 is 14.6 Å². The molecule has 0 spiro atoms. The number of hydrogen-bond acceptors (Lipinski definition) is 3. The van der Waals surface area contributed by atoms with E-state index in [1.54, 1.807) is 7.11 Å². The number of ether oxygens (including phenoxy) is 1. The Bertz CT molecular complexity index is 587. The van der Waals surface area contributed by atoms with E-state index in [0.29, 0.717) is 0 Å². The van der Waals surface area contributed by atoms with Crippen molar-refractivity contribution in [2.75, 3.05) is 14.2 Å². The van der Waals surface area contributed by atoms with Gasteiger partial charge >= 0.3 is 0 Å². The molecular weight excluding hydrogens is 238 g/mol. The fraction of sp³-hybridized carbons (Fsp3) is 0.400. The van der Waals surface area contributed by atoms with E-state index in [1.165, 1.54) is 11.3 Å². The standard InChI is InChI=1S/C15H21N3O/c1-10-6-7-14(19-5)12(8-10)15-13(9-16-3)18(4)11(2)17-15/h6-8,16H,9H2,1-5H3. The van der Waals surface area contributed by atoms with Crippen molar-refractivity contribution in [1.29, 1.82) is 0 Å². The van der Waals surface area contributed by atoms with Crippen molar-refractivity contribution in [1.82, 2.24) is 14.9 Å². The second-order valence-electron chi connectivity index (χ2n) is 4.75. The fourth-order valence-corrected chi connectivity index (χ4v) is 2.25. The molecule has 0 bridgehead atoms. The fourth-order valence-electron chi connectivity index (χ4n) is 2.25. The van der Waals surface area contributed by atoms with E-state index in [4.69, 9.17) is 9.72 Å². The normalized spacial score (nSPS) is 10.8. The number of methoxy groups -OCH3 is 1. The number of nitrogens with one attached hydrogen (secondary N) is 1. The lowest BCUT2D eigenvalue weighted by Crippen LogP contribution is -2.10. The second-order valence-corrected chi connectivity index (χ2v) is 4.75. The Kier molecular flexibility index (Phi) is 3.90. The van der Waals surface area contributed by atoms with Crippen LogP contribution in [-0.2, 0) is 13.6 Å². The maximum atomic E-state index is 5.47. The lowest BCUT2D eigenvalue weighted by Gasteiger charge is -2.10. The number of rotatable bonds is 4. The SMILES string of the molecule is CNCc1c(-c2cc(C)ccc2OC)nc(C)n1C. The van der Waals surface area contributed by atoms with E-state index >= 15 is 0 Å². The molecule has 1 aromatic heterocycles. The molecule has 1 N–H and O–H groups in total. The summed E-state index contributed by atoms with van der Waals surface area (Å²) in [5.41, 5.74) is 4.42. The van der Waals surface area contributed by atoms with Gasteiger partial charge in [-0.25, -0.2) is 4.98 Å². The van der Waals surface area contributed by atoms with E-state index < -0.39 is 0 Å². The van der Waals surface area contributed by atoms with Crippen LogP contribution in [0.3, 0.4) is 0 Å².